The molecule has 0 atom stereocenters. The van der Waals surface area contributed by atoms with Gasteiger partial charge in [-0.25, -0.2) is 13.4 Å². The smallest absolute Gasteiger partial charge is 0.214 e. The summed E-state index contributed by atoms with van der Waals surface area (Å²) in [5.41, 5.74) is 0. The molecule has 1 heterocycles. The molecule has 6 nitrogen and oxygen atoms in total. The van der Waals surface area contributed by atoms with E-state index in [9.17, 15) is 8.42 Å². The second-order valence-electron chi connectivity index (χ2n) is 4.34. The molecule has 0 fully saturated rings. The molecule has 104 valence electrons. The summed E-state index contributed by atoms with van der Waals surface area (Å²) < 4.78 is 27.2. The lowest BCUT2D eigenvalue weighted by Gasteiger charge is -2.16. The summed E-state index contributed by atoms with van der Waals surface area (Å²) in [7, 11) is 2.14. The van der Waals surface area contributed by atoms with Crippen LogP contribution in [0.5, 0.6) is 0 Å². The van der Waals surface area contributed by atoms with Crippen molar-refractivity contribution >= 4 is 10.0 Å². The lowest BCUT2D eigenvalue weighted by atomic mass is 10.3. The predicted molar refractivity (Wildman–Crippen MR) is 71.6 cm³/mol. The first-order valence-corrected chi connectivity index (χ1v) is 7.63. The summed E-state index contributed by atoms with van der Waals surface area (Å²) in [6.07, 6.45) is 5.02. The van der Waals surface area contributed by atoms with Crippen LogP contribution in [0.25, 0.3) is 0 Å². The summed E-state index contributed by atoms with van der Waals surface area (Å²) in [5.74, 6) is 0.937. The number of nitrogens with zero attached hydrogens (tertiary/aromatic N) is 3. The molecule has 0 aromatic carbocycles. The third-order valence-corrected chi connectivity index (χ3v) is 4.72. The fourth-order valence-electron chi connectivity index (χ4n) is 1.59. The van der Waals surface area contributed by atoms with Crippen molar-refractivity contribution in [2.45, 2.75) is 19.4 Å². The van der Waals surface area contributed by atoms with E-state index in [1.807, 2.05) is 24.9 Å². The van der Waals surface area contributed by atoms with E-state index in [2.05, 4.69) is 10.3 Å². The maximum absolute atomic E-state index is 12.0. The van der Waals surface area contributed by atoms with Gasteiger partial charge in [-0.15, -0.1) is 0 Å². The van der Waals surface area contributed by atoms with Crippen molar-refractivity contribution in [3.63, 3.8) is 0 Å². The summed E-state index contributed by atoms with van der Waals surface area (Å²) in [5, 5.41) is 3.01. The Morgan fingerprint density at radius 3 is 2.72 bits per heavy atom. The molecule has 0 aliphatic rings. The molecule has 0 bridgehead atoms. The highest BCUT2D eigenvalue weighted by molar-refractivity contribution is 7.89. The highest BCUT2D eigenvalue weighted by atomic mass is 32.2. The fourth-order valence-corrected chi connectivity index (χ4v) is 2.78. The normalized spacial score (nSPS) is 12.2. The summed E-state index contributed by atoms with van der Waals surface area (Å²) in [6, 6.07) is 0. The molecule has 18 heavy (non-hydrogen) atoms. The third kappa shape index (κ3) is 4.40. The van der Waals surface area contributed by atoms with Gasteiger partial charge in [-0.2, -0.15) is 4.31 Å². The lowest BCUT2D eigenvalue weighted by Crippen LogP contribution is -2.30. The van der Waals surface area contributed by atoms with Crippen LogP contribution in [0.1, 0.15) is 18.7 Å². The van der Waals surface area contributed by atoms with Gasteiger partial charge in [-0.3, -0.25) is 0 Å². The lowest BCUT2D eigenvalue weighted by molar-refractivity contribution is 0.449. The van der Waals surface area contributed by atoms with Gasteiger partial charge in [0, 0.05) is 26.5 Å². The van der Waals surface area contributed by atoms with Gasteiger partial charge in [0.25, 0.3) is 0 Å². The Labute approximate surface area is 109 Å². The first-order chi connectivity index (χ1) is 8.47. The van der Waals surface area contributed by atoms with E-state index in [0.29, 0.717) is 13.0 Å². The number of imidazole rings is 1. The van der Waals surface area contributed by atoms with Gasteiger partial charge in [-0.1, -0.05) is 0 Å². The van der Waals surface area contributed by atoms with Crippen LogP contribution >= 0.6 is 0 Å². The minimum Gasteiger partial charge on any atom is -0.337 e. The second kappa shape index (κ2) is 6.86. The number of aromatic nitrogens is 2. The van der Waals surface area contributed by atoms with Crippen molar-refractivity contribution in [1.82, 2.24) is 19.2 Å². The zero-order valence-electron chi connectivity index (χ0n) is 11.3. The molecule has 0 aliphatic carbocycles. The first-order valence-electron chi connectivity index (χ1n) is 6.02. The van der Waals surface area contributed by atoms with E-state index < -0.39 is 10.0 Å². The van der Waals surface area contributed by atoms with Crippen LogP contribution in [0.4, 0.5) is 0 Å². The Hall–Kier alpha value is -0.920. The SMILES string of the molecule is CNCCCCS(=O)(=O)N(C)Cc1nccn1C. The number of rotatable bonds is 8. The standard InChI is InChI=1S/C11H22N4O2S/c1-12-6-4-5-9-18(16,17)15(3)10-11-13-7-8-14(11)2/h7-8,12H,4-6,9-10H2,1-3H3. The summed E-state index contributed by atoms with van der Waals surface area (Å²) in [6.45, 7) is 1.16. The van der Waals surface area contributed by atoms with E-state index in [0.717, 1.165) is 18.8 Å². The second-order valence-corrected chi connectivity index (χ2v) is 6.53. The van der Waals surface area contributed by atoms with E-state index in [1.54, 1.807) is 13.2 Å². The molecule has 0 saturated carbocycles. The molecular formula is C11H22N4O2S. The van der Waals surface area contributed by atoms with Gasteiger partial charge in [0.1, 0.15) is 5.82 Å². The van der Waals surface area contributed by atoms with Crippen LogP contribution in [0.15, 0.2) is 12.4 Å². The third-order valence-electron chi connectivity index (χ3n) is 2.84. The maximum atomic E-state index is 12.0. The molecule has 1 N–H and O–H groups in total. The number of nitrogens with one attached hydrogen (secondary N) is 1. The molecule has 1 aromatic rings. The van der Waals surface area contributed by atoms with Gasteiger partial charge in [-0.05, 0) is 26.4 Å². The molecule has 7 heteroatoms. The van der Waals surface area contributed by atoms with Crippen molar-refractivity contribution in [3.05, 3.63) is 18.2 Å². The van der Waals surface area contributed by atoms with Crippen LogP contribution < -0.4 is 5.32 Å². The Kier molecular flexibility index (Phi) is 5.77. The zero-order chi connectivity index (χ0) is 13.6. The van der Waals surface area contributed by atoms with Crippen LogP contribution in [-0.2, 0) is 23.6 Å². The average molecular weight is 274 g/mol. The number of hydrogen-bond donors (Lipinski definition) is 1. The van der Waals surface area contributed by atoms with E-state index in [1.165, 1.54) is 4.31 Å². The van der Waals surface area contributed by atoms with Crippen molar-refractivity contribution < 1.29 is 8.42 Å². The molecule has 1 rings (SSSR count). The van der Waals surface area contributed by atoms with Gasteiger partial charge < -0.3 is 9.88 Å². The molecule has 0 saturated heterocycles. The molecule has 1 aromatic heterocycles. The van der Waals surface area contributed by atoms with Crippen molar-refractivity contribution in [2.75, 3.05) is 26.4 Å². The van der Waals surface area contributed by atoms with E-state index >= 15 is 0 Å². The minimum absolute atomic E-state index is 0.190. The van der Waals surface area contributed by atoms with E-state index in [-0.39, 0.29) is 5.75 Å². The van der Waals surface area contributed by atoms with Crippen LogP contribution in [0.3, 0.4) is 0 Å². The quantitative estimate of drug-likeness (QED) is 0.687. The van der Waals surface area contributed by atoms with Crippen LogP contribution in [0, 0.1) is 0 Å². The highest BCUT2D eigenvalue weighted by Crippen LogP contribution is 2.07. The monoisotopic (exact) mass is 274 g/mol. The maximum Gasteiger partial charge on any atom is 0.214 e. The van der Waals surface area contributed by atoms with E-state index in [4.69, 9.17) is 0 Å². The van der Waals surface area contributed by atoms with Crippen molar-refractivity contribution in [2.24, 2.45) is 7.05 Å². The number of unbranched alkanes of at least 4 members (excludes halogenated alkanes) is 1. The first kappa shape index (κ1) is 15.1. The number of aryl methyl sites for hydroxylation is 1. The summed E-state index contributed by atoms with van der Waals surface area (Å²) >= 11 is 0. The van der Waals surface area contributed by atoms with Crippen LogP contribution in [0.2, 0.25) is 0 Å². The predicted octanol–water partition coefficient (Wildman–Crippen LogP) is 0.181. The number of hydrogen-bond acceptors (Lipinski definition) is 4. The molecule has 0 radical (unpaired) electrons. The Morgan fingerprint density at radius 2 is 2.17 bits per heavy atom. The Morgan fingerprint density at radius 1 is 1.44 bits per heavy atom. The highest BCUT2D eigenvalue weighted by Gasteiger charge is 2.18. The van der Waals surface area contributed by atoms with Crippen molar-refractivity contribution in [3.8, 4) is 0 Å². The topological polar surface area (TPSA) is 67.2 Å². The molecule has 0 amide bonds. The molecular weight excluding hydrogens is 252 g/mol. The number of sulfonamides is 1. The Bertz CT molecular complexity index is 455. The molecule has 0 aliphatic heterocycles. The van der Waals surface area contributed by atoms with Gasteiger partial charge >= 0.3 is 0 Å². The van der Waals surface area contributed by atoms with Crippen LogP contribution in [-0.4, -0.2) is 48.7 Å². The molecule has 0 spiro atoms. The van der Waals surface area contributed by atoms with Gasteiger partial charge in [0.15, 0.2) is 0 Å². The van der Waals surface area contributed by atoms with Gasteiger partial charge in [0.2, 0.25) is 10.0 Å². The van der Waals surface area contributed by atoms with Crippen molar-refractivity contribution in [1.29, 1.82) is 0 Å². The van der Waals surface area contributed by atoms with Gasteiger partial charge in [0.05, 0.1) is 12.3 Å². The molecule has 0 unspecified atom stereocenters. The largest absolute Gasteiger partial charge is 0.337 e. The Balaban J connectivity index is 2.49. The fraction of sp³-hybridized carbons (Fsp3) is 0.727. The minimum atomic E-state index is -3.18. The summed E-state index contributed by atoms with van der Waals surface area (Å²) in [4.78, 5) is 4.13. The zero-order valence-corrected chi connectivity index (χ0v) is 12.1. The average Bonchev–Trinajstić information content (AvgIpc) is 2.71.